The number of nitrogens with zero attached hydrogens (tertiary/aromatic N) is 1. The second kappa shape index (κ2) is 9.67. The molecule has 1 atom stereocenters. The van der Waals surface area contributed by atoms with Gasteiger partial charge >= 0.3 is 0 Å². The standard InChI is InChI=1S/C26H23N3O3S/c1-19-7-11-23(12-8-19)29-33(31,32)24-13-9-22(10-14-24)26(30)28-25(20-5-3-2-4-6-20)21-15-17-27-18-16-21/h2-18,25,29H,1H3,(H,28,30). The summed E-state index contributed by atoms with van der Waals surface area (Å²) in [6, 6.07) is 25.9. The molecule has 0 bridgehead atoms. The highest BCUT2D eigenvalue weighted by atomic mass is 32.2. The highest BCUT2D eigenvalue weighted by molar-refractivity contribution is 7.92. The number of hydrogen-bond donors (Lipinski definition) is 2. The molecule has 1 heterocycles. The molecule has 4 rings (SSSR count). The van der Waals surface area contributed by atoms with Gasteiger partial charge in [0.15, 0.2) is 0 Å². The van der Waals surface area contributed by atoms with E-state index >= 15 is 0 Å². The van der Waals surface area contributed by atoms with E-state index in [0.717, 1.165) is 16.7 Å². The lowest BCUT2D eigenvalue weighted by atomic mass is 9.99. The summed E-state index contributed by atoms with van der Waals surface area (Å²) in [5.74, 6) is -0.309. The van der Waals surface area contributed by atoms with E-state index in [9.17, 15) is 13.2 Å². The van der Waals surface area contributed by atoms with Crippen molar-refractivity contribution in [1.82, 2.24) is 10.3 Å². The Kier molecular flexibility index (Phi) is 6.51. The van der Waals surface area contributed by atoms with E-state index in [1.165, 1.54) is 24.3 Å². The Hall–Kier alpha value is -3.97. The predicted molar refractivity (Wildman–Crippen MR) is 128 cm³/mol. The van der Waals surface area contributed by atoms with Gasteiger partial charge in [0.05, 0.1) is 10.9 Å². The van der Waals surface area contributed by atoms with Gasteiger partial charge in [-0.1, -0.05) is 48.0 Å². The van der Waals surface area contributed by atoms with Gasteiger partial charge in [-0.3, -0.25) is 14.5 Å². The average molecular weight is 458 g/mol. The maximum Gasteiger partial charge on any atom is 0.261 e. The molecule has 0 saturated carbocycles. The number of aromatic nitrogens is 1. The zero-order valence-corrected chi connectivity index (χ0v) is 18.8. The van der Waals surface area contributed by atoms with Gasteiger partial charge in [-0.2, -0.15) is 0 Å². The lowest BCUT2D eigenvalue weighted by molar-refractivity contribution is 0.0943. The summed E-state index contributed by atoms with van der Waals surface area (Å²) in [6.07, 6.45) is 3.36. The number of carbonyl (C=O) groups is 1. The van der Waals surface area contributed by atoms with Crippen LogP contribution >= 0.6 is 0 Å². The summed E-state index contributed by atoms with van der Waals surface area (Å²) in [7, 11) is -3.77. The first-order valence-corrected chi connectivity index (χ1v) is 11.9. The van der Waals surface area contributed by atoms with E-state index in [4.69, 9.17) is 0 Å². The number of hydrogen-bond acceptors (Lipinski definition) is 4. The van der Waals surface area contributed by atoms with Gasteiger partial charge in [0.1, 0.15) is 0 Å². The molecule has 3 aromatic carbocycles. The summed E-state index contributed by atoms with van der Waals surface area (Å²) in [5.41, 5.74) is 3.70. The van der Waals surface area contributed by atoms with Gasteiger partial charge in [-0.15, -0.1) is 0 Å². The van der Waals surface area contributed by atoms with Crippen LogP contribution in [-0.2, 0) is 10.0 Å². The molecule has 6 nitrogen and oxygen atoms in total. The Morgan fingerprint density at radius 3 is 2.03 bits per heavy atom. The van der Waals surface area contributed by atoms with Crippen molar-refractivity contribution >= 4 is 21.6 Å². The van der Waals surface area contributed by atoms with Gasteiger partial charge in [0, 0.05) is 23.6 Å². The zero-order chi connectivity index (χ0) is 23.3. The van der Waals surface area contributed by atoms with Gasteiger partial charge < -0.3 is 5.32 Å². The van der Waals surface area contributed by atoms with Gasteiger partial charge in [0.2, 0.25) is 0 Å². The van der Waals surface area contributed by atoms with Crippen molar-refractivity contribution in [1.29, 1.82) is 0 Å². The maximum absolute atomic E-state index is 13.0. The van der Waals surface area contributed by atoms with Gasteiger partial charge in [-0.25, -0.2) is 8.42 Å². The SMILES string of the molecule is Cc1ccc(NS(=O)(=O)c2ccc(C(=O)NC(c3ccccc3)c3ccncc3)cc2)cc1. The van der Waals surface area contributed by atoms with Crippen LogP contribution in [0.4, 0.5) is 5.69 Å². The van der Waals surface area contributed by atoms with Crippen LogP contribution < -0.4 is 10.0 Å². The number of sulfonamides is 1. The van der Waals surface area contributed by atoms with Crippen molar-refractivity contribution < 1.29 is 13.2 Å². The molecule has 0 aliphatic carbocycles. The monoisotopic (exact) mass is 457 g/mol. The Labute approximate surface area is 193 Å². The average Bonchev–Trinajstić information content (AvgIpc) is 2.85. The number of rotatable bonds is 7. The zero-order valence-electron chi connectivity index (χ0n) is 18.0. The molecule has 0 aliphatic heterocycles. The summed E-state index contributed by atoms with van der Waals surface area (Å²) in [6.45, 7) is 1.93. The van der Waals surface area contributed by atoms with Gasteiger partial charge in [-0.05, 0) is 66.6 Å². The molecule has 0 aliphatic rings. The van der Waals surface area contributed by atoms with Crippen LogP contribution in [0.2, 0.25) is 0 Å². The number of carbonyl (C=O) groups excluding carboxylic acids is 1. The molecule has 1 amide bonds. The molecule has 1 aromatic heterocycles. The smallest absolute Gasteiger partial charge is 0.261 e. The number of anilines is 1. The Morgan fingerprint density at radius 2 is 1.39 bits per heavy atom. The second-order valence-corrected chi connectivity index (χ2v) is 9.28. The van der Waals surface area contributed by atoms with Crippen LogP contribution in [0.1, 0.15) is 33.1 Å². The minimum Gasteiger partial charge on any atom is -0.341 e. The molecule has 7 heteroatoms. The van der Waals surface area contributed by atoms with E-state index in [0.29, 0.717) is 11.3 Å². The molecule has 0 saturated heterocycles. The Morgan fingerprint density at radius 1 is 0.788 bits per heavy atom. The van der Waals surface area contributed by atoms with Gasteiger partial charge in [0.25, 0.3) is 15.9 Å². The minimum absolute atomic E-state index is 0.0772. The maximum atomic E-state index is 13.0. The summed E-state index contributed by atoms with van der Waals surface area (Å²) >= 11 is 0. The molecule has 0 radical (unpaired) electrons. The molecule has 1 unspecified atom stereocenters. The molecule has 4 aromatic rings. The van der Waals surface area contributed by atoms with Crippen molar-refractivity contribution in [2.45, 2.75) is 17.9 Å². The van der Waals surface area contributed by atoms with Crippen molar-refractivity contribution in [2.75, 3.05) is 4.72 Å². The van der Waals surface area contributed by atoms with Crippen molar-refractivity contribution in [3.8, 4) is 0 Å². The predicted octanol–water partition coefficient (Wildman–Crippen LogP) is 4.71. The second-order valence-electron chi connectivity index (χ2n) is 7.59. The molecular formula is C26H23N3O3S. The van der Waals surface area contributed by atoms with Crippen LogP contribution in [0.5, 0.6) is 0 Å². The third kappa shape index (κ3) is 5.45. The third-order valence-electron chi connectivity index (χ3n) is 5.18. The largest absolute Gasteiger partial charge is 0.341 e. The molecule has 33 heavy (non-hydrogen) atoms. The third-order valence-corrected chi connectivity index (χ3v) is 6.58. The summed E-state index contributed by atoms with van der Waals surface area (Å²) < 4.78 is 27.9. The Bertz CT molecular complexity index is 1280. The number of pyridine rings is 1. The number of benzene rings is 3. The topological polar surface area (TPSA) is 88.2 Å². The number of amides is 1. The lowest BCUT2D eigenvalue weighted by Crippen LogP contribution is -2.29. The van der Waals surface area contributed by atoms with Crippen molar-refractivity contribution in [3.63, 3.8) is 0 Å². The molecular weight excluding hydrogens is 434 g/mol. The first-order valence-electron chi connectivity index (χ1n) is 10.4. The van der Waals surface area contributed by atoms with Crippen molar-refractivity contribution in [2.24, 2.45) is 0 Å². The molecule has 0 spiro atoms. The van der Waals surface area contributed by atoms with E-state index in [1.807, 2.05) is 61.5 Å². The van der Waals surface area contributed by atoms with Crippen LogP contribution in [0.25, 0.3) is 0 Å². The van der Waals surface area contributed by atoms with Crippen LogP contribution in [-0.4, -0.2) is 19.3 Å². The molecule has 166 valence electrons. The molecule has 0 fully saturated rings. The van der Waals surface area contributed by atoms with E-state index in [1.54, 1.807) is 24.5 Å². The first kappa shape index (κ1) is 22.2. The quantitative estimate of drug-likeness (QED) is 0.421. The highest BCUT2D eigenvalue weighted by Gasteiger charge is 2.19. The normalized spacial score (nSPS) is 12.0. The first-order chi connectivity index (χ1) is 15.9. The molecule has 2 N–H and O–H groups in total. The van der Waals surface area contributed by atoms with E-state index in [2.05, 4.69) is 15.0 Å². The van der Waals surface area contributed by atoms with Crippen LogP contribution in [0.3, 0.4) is 0 Å². The van der Waals surface area contributed by atoms with E-state index in [-0.39, 0.29) is 16.8 Å². The summed E-state index contributed by atoms with van der Waals surface area (Å²) in [4.78, 5) is 17.1. The minimum atomic E-state index is -3.77. The fourth-order valence-corrected chi connectivity index (χ4v) is 4.45. The highest BCUT2D eigenvalue weighted by Crippen LogP contribution is 2.23. The number of aryl methyl sites for hydroxylation is 1. The van der Waals surface area contributed by atoms with Crippen molar-refractivity contribution in [3.05, 3.63) is 126 Å². The van der Waals surface area contributed by atoms with E-state index < -0.39 is 10.0 Å². The number of nitrogens with one attached hydrogen (secondary N) is 2. The fraction of sp³-hybridized carbons (Fsp3) is 0.0769. The summed E-state index contributed by atoms with van der Waals surface area (Å²) in [5, 5.41) is 3.04. The van der Waals surface area contributed by atoms with Crippen LogP contribution in [0, 0.1) is 6.92 Å². The Balaban J connectivity index is 1.53. The lowest BCUT2D eigenvalue weighted by Gasteiger charge is -2.20. The fourth-order valence-electron chi connectivity index (χ4n) is 3.40. The van der Waals surface area contributed by atoms with Crippen LogP contribution in [0.15, 0.2) is 108 Å².